The predicted octanol–water partition coefficient (Wildman–Crippen LogP) is 2.90. The van der Waals surface area contributed by atoms with Crippen LogP contribution >= 0.6 is 11.8 Å². The summed E-state index contributed by atoms with van der Waals surface area (Å²) in [4.78, 5) is 45.3. The van der Waals surface area contributed by atoms with Crippen LogP contribution in [0.2, 0.25) is 0 Å². The minimum atomic E-state index is -0.463. The number of carbonyl (C=O) groups is 3. The zero-order valence-electron chi connectivity index (χ0n) is 16.9. The van der Waals surface area contributed by atoms with Crippen LogP contribution in [0, 0.1) is 0 Å². The molecule has 1 aromatic rings. The molecule has 4 rings (SSSR count). The van der Waals surface area contributed by atoms with Crippen molar-refractivity contribution in [2.24, 2.45) is 4.99 Å². The topological polar surface area (TPSA) is 82.1 Å². The molecule has 2 saturated heterocycles. The Kier molecular flexibility index (Phi) is 6.22. The summed E-state index contributed by atoms with van der Waals surface area (Å²) in [6.45, 7) is 7.22. The molecule has 1 N–H and O–H groups in total. The first-order valence-corrected chi connectivity index (χ1v) is 11.3. The van der Waals surface area contributed by atoms with Gasteiger partial charge >= 0.3 is 0 Å². The highest BCUT2D eigenvalue weighted by Crippen LogP contribution is 2.29. The molecule has 30 heavy (non-hydrogen) atoms. The van der Waals surface area contributed by atoms with Crippen LogP contribution in [0.1, 0.15) is 42.5 Å². The number of aliphatic imine (C=N–C) groups is 1. The molecule has 0 aliphatic carbocycles. The lowest BCUT2D eigenvalue weighted by Gasteiger charge is -2.28. The summed E-state index contributed by atoms with van der Waals surface area (Å²) in [7, 11) is 0. The molecule has 7 nitrogen and oxygen atoms in total. The number of likely N-dealkylation sites (tertiary alicyclic amines) is 2. The van der Waals surface area contributed by atoms with E-state index in [2.05, 4.69) is 21.8 Å². The summed E-state index contributed by atoms with van der Waals surface area (Å²) in [6.07, 6.45) is 4.01. The molecular weight excluding hydrogens is 400 g/mol. The van der Waals surface area contributed by atoms with Crippen LogP contribution in [-0.4, -0.2) is 64.1 Å². The van der Waals surface area contributed by atoms with Gasteiger partial charge in [-0.25, -0.2) is 0 Å². The van der Waals surface area contributed by atoms with Crippen molar-refractivity contribution in [3.63, 3.8) is 0 Å². The second kappa shape index (κ2) is 9.04. The maximum atomic E-state index is 12.6. The van der Waals surface area contributed by atoms with Crippen molar-refractivity contribution in [1.29, 1.82) is 0 Å². The molecule has 3 aliphatic rings. The Labute approximate surface area is 180 Å². The zero-order chi connectivity index (χ0) is 21.1. The standard InChI is InChI=1S/C22H26N4O3S/c1-15-8-12-25(13-9-15)21(29)16-4-6-17(7-5-16)23-19(27)14-18-20(28)24-22(30-18)26-10-2-3-11-26/h4-7,18H,1-3,8-14H2,(H,23,27). The molecule has 0 bridgehead atoms. The number of anilines is 1. The van der Waals surface area contributed by atoms with Crippen LogP contribution in [0.5, 0.6) is 0 Å². The molecule has 158 valence electrons. The minimum Gasteiger partial charge on any atom is -0.351 e. The number of nitrogens with one attached hydrogen (secondary N) is 1. The third-order valence-electron chi connectivity index (χ3n) is 5.65. The minimum absolute atomic E-state index is 0.0000743. The number of amidine groups is 1. The summed E-state index contributed by atoms with van der Waals surface area (Å²) in [6, 6.07) is 6.91. The Balaban J connectivity index is 1.28. The van der Waals surface area contributed by atoms with Gasteiger partial charge in [0.2, 0.25) is 5.91 Å². The number of thioether (sulfide) groups is 1. The molecule has 0 aromatic heterocycles. The first-order valence-electron chi connectivity index (χ1n) is 10.4. The molecule has 0 radical (unpaired) electrons. The van der Waals surface area contributed by atoms with Gasteiger partial charge in [-0.05, 0) is 49.9 Å². The van der Waals surface area contributed by atoms with E-state index < -0.39 is 5.25 Å². The lowest BCUT2D eigenvalue weighted by molar-refractivity contribution is -0.121. The third-order valence-corrected chi connectivity index (χ3v) is 6.86. The maximum Gasteiger partial charge on any atom is 0.262 e. The summed E-state index contributed by atoms with van der Waals surface area (Å²) in [5.41, 5.74) is 2.40. The zero-order valence-corrected chi connectivity index (χ0v) is 17.7. The number of carbonyl (C=O) groups excluding carboxylic acids is 3. The molecule has 3 amide bonds. The SMILES string of the molecule is C=C1CCN(C(=O)c2ccc(NC(=O)CC3SC(N4CCCC4)=NC3=O)cc2)CC1. The summed E-state index contributed by atoms with van der Waals surface area (Å²) in [5.74, 6) is -0.463. The van der Waals surface area contributed by atoms with Crippen molar-refractivity contribution >= 4 is 40.3 Å². The Morgan fingerprint density at radius 3 is 2.43 bits per heavy atom. The Hall–Kier alpha value is -2.61. The van der Waals surface area contributed by atoms with Gasteiger partial charge in [0.05, 0.1) is 0 Å². The van der Waals surface area contributed by atoms with Crippen molar-refractivity contribution in [3.05, 3.63) is 42.0 Å². The number of benzene rings is 1. The first-order chi connectivity index (χ1) is 14.5. The normalized spacial score (nSPS) is 21.7. The van der Waals surface area contributed by atoms with Gasteiger partial charge in [0.15, 0.2) is 5.17 Å². The van der Waals surface area contributed by atoms with Gasteiger partial charge in [-0.2, -0.15) is 4.99 Å². The van der Waals surface area contributed by atoms with E-state index in [0.29, 0.717) is 24.3 Å². The average molecular weight is 427 g/mol. The van der Waals surface area contributed by atoms with Crippen LogP contribution in [0.3, 0.4) is 0 Å². The van der Waals surface area contributed by atoms with Gasteiger partial charge < -0.3 is 15.1 Å². The lowest BCUT2D eigenvalue weighted by atomic mass is 10.0. The fourth-order valence-corrected chi connectivity index (χ4v) is 4.96. The summed E-state index contributed by atoms with van der Waals surface area (Å²) >= 11 is 1.39. The molecule has 2 fully saturated rings. The van der Waals surface area contributed by atoms with Gasteiger partial charge in [-0.3, -0.25) is 14.4 Å². The Morgan fingerprint density at radius 2 is 1.77 bits per heavy atom. The number of hydrogen-bond acceptors (Lipinski definition) is 5. The van der Waals surface area contributed by atoms with Crippen molar-refractivity contribution < 1.29 is 14.4 Å². The largest absolute Gasteiger partial charge is 0.351 e. The number of hydrogen-bond donors (Lipinski definition) is 1. The quantitative estimate of drug-likeness (QED) is 0.749. The van der Waals surface area contributed by atoms with E-state index in [9.17, 15) is 14.4 Å². The highest BCUT2D eigenvalue weighted by molar-refractivity contribution is 8.15. The van der Waals surface area contributed by atoms with Crippen molar-refractivity contribution in [2.75, 3.05) is 31.5 Å². The van der Waals surface area contributed by atoms with E-state index in [1.165, 1.54) is 17.3 Å². The third kappa shape index (κ3) is 4.75. The van der Waals surface area contributed by atoms with Crippen LogP contribution in [-0.2, 0) is 9.59 Å². The van der Waals surface area contributed by atoms with Gasteiger partial charge in [0.1, 0.15) is 5.25 Å². The van der Waals surface area contributed by atoms with E-state index in [-0.39, 0.29) is 24.1 Å². The molecular formula is C22H26N4O3S. The number of amides is 3. The number of rotatable bonds is 4. The molecule has 1 unspecified atom stereocenters. The summed E-state index contributed by atoms with van der Waals surface area (Å²) < 4.78 is 0. The van der Waals surface area contributed by atoms with E-state index >= 15 is 0 Å². The fourth-order valence-electron chi connectivity index (χ4n) is 3.84. The van der Waals surface area contributed by atoms with Crippen molar-refractivity contribution in [1.82, 2.24) is 9.80 Å². The van der Waals surface area contributed by atoms with Crippen molar-refractivity contribution in [2.45, 2.75) is 37.4 Å². The molecule has 8 heteroatoms. The smallest absolute Gasteiger partial charge is 0.262 e. The Bertz CT molecular complexity index is 880. The van der Waals surface area contributed by atoms with Crippen LogP contribution in [0.4, 0.5) is 5.69 Å². The predicted molar refractivity (Wildman–Crippen MR) is 119 cm³/mol. The highest BCUT2D eigenvalue weighted by Gasteiger charge is 2.33. The number of piperidine rings is 1. The van der Waals surface area contributed by atoms with E-state index in [4.69, 9.17) is 0 Å². The molecule has 1 atom stereocenters. The lowest BCUT2D eigenvalue weighted by Crippen LogP contribution is -2.36. The molecule has 0 saturated carbocycles. The molecule has 0 spiro atoms. The first kappa shape index (κ1) is 20.7. The van der Waals surface area contributed by atoms with Crippen LogP contribution < -0.4 is 5.32 Å². The van der Waals surface area contributed by atoms with E-state index in [0.717, 1.165) is 43.9 Å². The highest BCUT2D eigenvalue weighted by atomic mass is 32.2. The molecule has 3 aliphatic heterocycles. The fraction of sp³-hybridized carbons (Fsp3) is 0.455. The van der Waals surface area contributed by atoms with Crippen LogP contribution in [0.25, 0.3) is 0 Å². The summed E-state index contributed by atoms with van der Waals surface area (Å²) in [5, 5.41) is 3.11. The molecule has 1 aromatic carbocycles. The average Bonchev–Trinajstić information content (AvgIpc) is 3.39. The van der Waals surface area contributed by atoms with Gasteiger partial charge in [-0.1, -0.05) is 23.9 Å². The van der Waals surface area contributed by atoms with Gasteiger partial charge in [0.25, 0.3) is 11.8 Å². The Morgan fingerprint density at radius 1 is 1.10 bits per heavy atom. The molecule has 3 heterocycles. The second-order valence-corrected chi connectivity index (χ2v) is 9.08. The van der Waals surface area contributed by atoms with E-state index in [1.54, 1.807) is 24.3 Å². The maximum absolute atomic E-state index is 12.6. The second-order valence-electron chi connectivity index (χ2n) is 7.91. The van der Waals surface area contributed by atoms with E-state index in [1.807, 2.05) is 4.90 Å². The monoisotopic (exact) mass is 426 g/mol. The van der Waals surface area contributed by atoms with Crippen LogP contribution in [0.15, 0.2) is 41.4 Å². The van der Waals surface area contributed by atoms with Crippen molar-refractivity contribution in [3.8, 4) is 0 Å². The van der Waals surface area contributed by atoms with Gasteiger partial charge in [-0.15, -0.1) is 0 Å². The number of nitrogens with zero attached hydrogens (tertiary/aromatic N) is 3. The van der Waals surface area contributed by atoms with Gasteiger partial charge in [0, 0.05) is 43.9 Å².